The Morgan fingerprint density at radius 3 is 2.27 bits per heavy atom. The number of fused-ring (bicyclic) bond motifs is 1. The molecule has 0 bridgehead atoms. The van der Waals surface area contributed by atoms with Gasteiger partial charge in [-0.05, 0) is 24.2 Å². The Bertz CT molecular complexity index is 310. The second-order valence-corrected chi connectivity index (χ2v) is 5.15. The minimum atomic E-state index is -4.73. The van der Waals surface area contributed by atoms with E-state index < -0.39 is 12.1 Å². The third-order valence-corrected chi connectivity index (χ3v) is 4.05. The number of piperidine rings is 1. The van der Waals surface area contributed by atoms with Crippen molar-refractivity contribution in [2.45, 2.75) is 33.0 Å². The maximum absolute atomic E-state index is 12.2. The van der Waals surface area contributed by atoms with Crippen molar-refractivity contribution in [2.24, 2.45) is 17.3 Å². The van der Waals surface area contributed by atoms with Gasteiger partial charge in [0.25, 0.3) is 0 Å². The van der Waals surface area contributed by atoms with Crippen molar-refractivity contribution < 1.29 is 18.0 Å². The predicted molar refractivity (Wildman–Crippen MR) is 48.0 cm³/mol. The molecular formula is C10H14F3NO. The van der Waals surface area contributed by atoms with Crippen LogP contribution in [0.25, 0.3) is 0 Å². The second kappa shape index (κ2) is 2.68. The summed E-state index contributed by atoms with van der Waals surface area (Å²) in [6, 6.07) is -0.279. The number of hydrogen-bond donors (Lipinski definition) is 0. The van der Waals surface area contributed by atoms with Gasteiger partial charge in [0.1, 0.15) is 0 Å². The molecule has 0 aromatic carbocycles. The van der Waals surface area contributed by atoms with Crippen LogP contribution in [-0.4, -0.2) is 29.6 Å². The van der Waals surface area contributed by atoms with Gasteiger partial charge in [-0.3, -0.25) is 4.79 Å². The van der Waals surface area contributed by atoms with Crippen molar-refractivity contribution in [3.05, 3.63) is 0 Å². The van der Waals surface area contributed by atoms with Gasteiger partial charge in [-0.1, -0.05) is 13.8 Å². The van der Waals surface area contributed by atoms with Crippen LogP contribution in [-0.2, 0) is 4.79 Å². The predicted octanol–water partition coefficient (Wildman–Crippen LogP) is 2.05. The largest absolute Gasteiger partial charge is 0.471 e. The molecule has 2 nitrogen and oxygen atoms in total. The fourth-order valence-corrected chi connectivity index (χ4v) is 3.10. The normalized spacial score (nSPS) is 37.7. The van der Waals surface area contributed by atoms with E-state index in [1.54, 1.807) is 6.92 Å². The molecule has 2 rings (SSSR count). The van der Waals surface area contributed by atoms with E-state index in [-0.39, 0.29) is 29.8 Å². The monoisotopic (exact) mass is 221 g/mol. The first-order valence-electron chi connectivity index (χ1n) is 5.05. The van der Waals surface area contributed by atoms with Crippen LogP contribution in [0.1, 0.15) is 20.8 Å². The number of alkyl halides is 3. The molecule has 0 spiro atoms. The molecule has 0 aromatic heterocycles. The number of amides is 1. The van der Waals surface area contributed by atoms with Crippen LogP contribution in [0.4, 0.5) is 13.2 Å². The summed E-state index contributed by atoms with van der Waals surface area (Å²) in [5, 5.41) is 0. The molecule has 3 unspecified atom stereocenters. The standard InChI is InChI=1S/C10H14F3NO/c1-5-7-6(9(7,2)3)4-14(5)8(15)10(11,12)13/h5-7H,4H2,1-3H3. The highest BCUT2D eigenvalue weighted by atomic mass is 19.4. The van der Waals surface area contributed by atoms with Gasteiger partial charge in [-0.25, -0.2) is 0 Å². The molecule has 1 amide bonds. The van der Waals surface area contributed by atoms with Crippen LogP contribution in [0.2, 0.25) is 0 Å². The number of halogens is 3. The number of carbonyl (C=O) groups is 1. The van der Waals surface area contributed by atoms with E-state index in [9.17, 15) is 18.0 Å². The minimum absolute atomic E-state index is 0.113. The molecule has 1 saturated carbocycles. The van der Waals surface area contributed by atoms with E-state index in [0.717, 1.165) is 4.90 Å². The first kappa shape index (κ1) is 10.8. The van der Waals surface area contributed by atoms with Crippen molar-refractivity contribution in [3.63, 3.8) is 0 Å². The van der Waals surface area contributed by atoms with E-state index in [2.05, 4.69) is 0 Å². The van der Waals surface area contributed by atoms with E-state index in [1.165, 1.54) is 0 Å². The summed E-state index contributed by atoms with van der Waals surface area (Å²) in [6.07, 6.45) is -4.73. The van der Waals surface area contributed by atoms with E-state index in [0.29, 0.717) is 0 Å². The number of hydrogen-bond acceptors (Lipinski definition) is 1. The van der Waals surface area contributed by atoms with Gasteiger partial charge in [0.05, 0.1) is 0 Å². The average molecular weight is 221 g/mol. The fourth-order valence-electron chi connectivity index (χ4n) is 3.10. The van der Waals surface area contributed by atoms with Gasteiger partial charge >= 0.3 is 12.1 Å². The third-order valence-electron chi connectivity index (χ3n) is 4.05. The Labute approximate surface area is 86.4 Å². The van der Waals surface area contributed by atoms with Gasteiger partial charge in [0.2, 0.25) is 0 Å². The Kier molecular flexibility index (Phi) is 1.93. The van der Waals surface area contributed by atoms with Crippen molar-refractivity contribution in [1.29, 1.82) is 0 Å². The lowest BCUT2D eigenvalue weighted by atomic mass is 10.0. The minimum Gasteiger partial charge on any atom is -0.332 e. The highest BCUT2D eigenvalue weighted by Gasteiger charge is 2.67. The lowest BCUT2D eigenvalue weighted by Gasteiger charge is -2.28. The Morgan fingerprint density at radius 1 is 1.40 bits per heavy atom. The van der Waals surface area contributed by atoms with Crippen LogP contribution in [0.3, 0.4) is 0 Å². The zero-order valence-corrected chi connectivity index (χ0v) is 8.93. The number of rotatable bonds is 0. The summed E-state index contributed by atoms with van der Waals surface area (Å²) in [5.74, 6) is -1.19. The zero-order chi connectivity index (χ0) is 11.6. The quantitative estimate of drug-likeness (QED) is 0.613. The molecule has 86 valence electrons. The highest BCUT2D eigenvalue weighted by molar-refractivity contribution is 5.82. The summed E-state index contributed by atoms with van der Waals surface area (Å²) < 4.78 is 36.7. The molecule has 1 heterocycles. The summed E-state index contributed by atoms with van der Waals surface area (Å²) >= 11 is 0. The van der Waals surface area contributed by atoms with Crippen LogP contribution >= 0.6 is 0 Å². The van der Waals surface area contributed by atoms with E-state index >= 15 is 0 Å². The molecule has 0 aromatic rings. The molecule has 5 heteroatoms. The third kappa shape index (κ3) is 1.35. The van der Waals surface area contributed by atoms with Crippen LogP contribution in [0.15, 0.2) is 0 Å². The van der Waals surface area contributed by atoms with E-state index in [1.807, 2.05) is 13.8 Å². The molecule has 1 aliphatic heterocycles. The number of carbonyl (C=O) groups excluding carboxylic acids is 1. The van der Waals surface area contributed by atoms with Crippen molar-refractivity contribution >= 4 is 5.91 Å². The molecule has 1 aliphatic carbocycles. The lowest BCUT2D eigenvalue weighted by Crippen LogP contribution is -2.46. The summed E-state index contributed by atoms with van der Waals surface area (Å²) in [4.78, 5) is 12.0. The molecule has 15 heavy (non-hydrogen) atoms. The number of likely N-dealkylation sites (tertiary alicyclic amines) is 1. The van der Waals surface area contributed by atoms with Gasteiger partial charge in [-0.2, -0.15) is 13.2 Å². The van der Waals surface area contributed by atoms with Crippen LogP contribution < -0.4 is 0 Å². The molecule has 2 aliphatic rings. The fraction of sp³-hybridized carbons (Fsp3) is 0.900. The van der Waals surface area contributed by atoms with Gasteiger partial charge in [0.15, 0.2) is 0 Å². The van der Waals surface area contributed by atoms with Gasteiger partial charge in [0, 0.05) is 12.6 Å². The zero-order valence-electron chi connectivity index (χ0n) is 8.93. The van der Waals surface area contributed by atoms with Crippen LogP contribution in [0, 0.1) is 17.3 Å². The Morgan fingerprint density at radius 2 is 1.93 bits per heavy atom. The molecule has 0 radical (unpaired) electrons. The Hall–Kier alpha value is -0.740. The van der Waals surface area contributed by atoms with Crippen molar-refractivity contribution in [1.82, 2.24) is 4.90 Å². The first-order valence-corrected chi connectivity index (χ1v) is 5.05. The topological polar surface area (TPSA) is 20.3 Å². The van der Waals surface area contributed by atoms with E-state index in [4.69, 9.17) is 0 Å². The molecule has 3 atom stereocenters. The average Bonchev–Trinajstić information content (AvgIpc) is 2.44. The first-order chi connectivity index (χ1) is 6.67. The smallest absolute Gasteiger partial charge is 0.332 e. The van der Waals surface area contributed by atoms with Crippen LogP contribution in [0.5, 0.6) is 0 Å². The molecule has 2 fully saturated rings. The summed E-state index contributed by atoms with van der Waals surface area (Å²) in [5.41, 5.74) is 0.113. The molecular weight excluding hydrogens is 207 g/mol. The number of nitrogens with zero attached hydrogens (tertiary/aromatic N) is 1. The molecule has 1 saturated heterocycles. The maximum Gasteiger partial charge on any atom is 0.471 e. The van der Waals surface area contributed by atoms with Crippen molar-refractivity contribution in [2.75, 3.05) is 6.54 Å². The molecule has 0 N–H and O–H groups in total. The summed E-state index contributed by atoms with van der Waals surface area (Å²) in [6.45, 7) is 6.07. The Balaban J connectivity index is 2.09. The summed E-state index contributed by atoms with van der Waals surface area (Å²) in [7, 11) is 0. The lowest BCUT2D eigenvalue weighted by molar-refractivity contribution is -0.187. The van der Waals surface area contributed by atoms with Gasteiger partial charge in [-0.15, -0.1) is 0 Å². The SMILES string of the molecule is CC1C2C(CN1C(=O)C(F)(F)F)C2(C)C. The highest BCUT2D eigenvalue weighted by Crippen LogP contribution is 2.64. The van der Waals surface area contributed by atoms with Crippen molar-refractivity contribution in [3.8, 4) is 0 Å². The maximum atomic E-state index is 12.2. The second-order valence-electron chi connectivity index (χ2n) is 5.15. The van der Waals surface area contributed by atoms with Gasteiger partial charge < -0.3 is 4.90 Å².